The topological polar surface area (TPSA) is 84.2 Å². The number of imidazole rings is 1. The van der Waals surface area contributed by atoms with Crippen molar-refractivity contribution in [1.82, 2.24) is 14.9 Å². The van der Waals surface area contributed by atoms with Gasteiger partial charge in [0.05, 0.1) is 11.7 Å². The molecule has 0 aromatic carbocycles. The Morgan fingerprint density at radius 1 is 1.33 bits per heavy atom. The van der Waals surface area contributed by atoms with Crippen molar-refractivity contribution in [3.8, 4) is 0 Å². The molecule has 2 saturated heterocycles. The Kier molecular flexibility index (Phi) is 4.56. The molecule has 1 aromatic heterocycles. The van der Waals surface area contributed by atoms with E-state index in [-0.39, 0.29) is 11.8 Å². The molecule has 2 aliphatic rings. The summed E-state index contributed by atoms with van der Waals surface area (Å²) in [4.78, 5) is 20.6. The molecule has 3 heterocycles. The van der Waals surface area contributed by atoms with Gasteiger partial charge in [-0.25, -0.2) is 4.98 Å². The molecule has 6 nitrogen and oxygen atoms in total. The van der Waals surface area contributed by atoms with Gasteiger partial charge >= 0.3 is 6.18 Å². The third-order valence-corrected chi connectivity index (χ3v) is 4.88. The van der Waals surface area contributed by atoms with Crippen LogP contribution in [0.4, 0.5) is 13.2 Å². The molecule has 3 rings (SSSR count). The van der Waals surface area contributed by atoms with Crippen molar-refractivity contribution in [3.05, 3.63) is 17.7 Å². The van der Waals surface area contributed by atoms with Crippen molar-refractivity contribution >= 4 is 5.91 Å². The summed E-state index contributed by atoms with van der Waals surface area (Å²) in [7, 11) is 0. The van der Waals surface area contributed by atoms with Crippen LogP contribution in [-0.2, 0) is 15.7 Å². The van der Waals surface area contributed by atoms with E-state index in [0.717, 1.165) is 6.20 Å². The highest BCUT2D eigenvalue weighted by atomic mass is 19.4. The molecule has 9 heteroatoms. The second kappa shape index (κ2) is 6.36. The molecular weight excluding hydrogens is 325 g/mol. The van der Waals surface area contributed by atoms with Crippen LogP contribution in [0.5, 0.6) is 0 Å². The lowest BCUT2D eigenvalue weighted by molar-refractivity contribution is -0.141. The fourth-order valence-corrected chi connectivity index (χ4v) is 3.31. The second-order valence-corrected chi connectivity index (χ2v) is 6.51. The van der Waals surface area contributed by atoms with Gasteiger partial charge in [0, 0.05) is 32.2 Å². The van der Waals surface area contributed by atoms with E-state index >= 15 is 0 Å². The number of amides is 1. The van der Waals surface area contributed by atoms with Crippen LogP contribution in [0, 0.1) is 0 Å². The number of piperidine rings is 1. The molecule has 0 saturated carbocycles. The summed E-state index contributed by atoms with van der Waals surface area (Å²) in [5.74, 6) is 0.149. The molecule has 0 unspecified atom stereocenters. The fourth-order valence-electron chi connectivity index (χ4n) is 3.31. The van der Waals surface area contributed by atoms with Gasteiger partial charge in [-0.2, -0.15) is 13.2 Å². The van der Waals surface area contributed by atoms with Crippen molar-refractivity contribution < 1.29 is 22.7 Å². The number of halogens is 3. The Balaban J connectivity index is 1.59. The number of rotatable bonds is 2. The number of nitrogens with zero attached hydrogens (tertiary/aromatic N) is 2. The Hall–Kier alpha value is -1.61. The molecule has 1 aromatic rings. The van der Waals surface area contributed by atoms with Crippen molar-refractivity contribution in [3.63, 3.8) is 0 Å². The molecule has 1 amide bonds. The Morgan fingerprint density at radius 3 is 2.50 bits per heavy atom. The van der Waals surface area contributed by atoms with E-state index in [4.69, 9.17) is 10.5 Å². The lowest BCUT2D eigenvalue weighted by atomic mass is 9.88. The molecule has 2 aliphatic heterocycles. The zero-order valence-corrected chi connectivity index (χ0v) is 13.2. The standard InChI is InChI=1S/C15H21F3N4O2/c16-15(17,18)11-9-20-12(21-11)10-1-5-22(6-2-10)13(23)14(19)3-7-24-8-4-14/h9-10H,1-8,19H2,(H,20,21). The summed E-state index contributed by atoms with van der Waals surface area (Å²) in [6, 6.07) is 0. The van der Waals surface area contributed by atoms with Crippen LogP contribution in [0.3, 0.4) is 0 Å². The van der Waals surface area contributed by atoms with Gasteiger partial charge in [-0.1, -0.05) is 0 Å². The minimum absolute atomic E-state index is 0.0836. The molecule has 24 heavy (non-hydrogen) atoms. The first-order valence-corrected chi connectivity index (χ1v) is 8.08. The lowest BCUT2D eigenvalue weighted by Crippen LogP contribution is -2.59. The molecule has 134 valence electrons. The SMILES string of the molecule is NC1(C(=O)N2CCC(c3ncc(C(F)(F)F)[nH]3)CC2)CCOCC1. The van der Waals surface area contributed by atoms with Crippen LogP contribution in [0.15, 0.2) is 6.20 Å². The summed E-state index contributed by atoms with van der Waals surface area (Å²) in [6.45, 7) is 1.91. The van der Waals surface area contributed by atoms with Crippen molar-refractivity contribution in [2.75, 3.05) is 26.3 Å². The lowest BCUT2D eigenvalue weighted by Gasteiger charge is -2.39. The molecular formula is C15H21F3N4O2. The largest absolute Gasteiger partial charge is 0.432 e. The van der Waals surface area contributed by atoms with Crippen molar-refractivity contribution in [2.45, 2.75) is 43.3 Å². The summed E-state index contributed by atoms with van der Waals surface area (Å²) in [5, 5.41) is 0. The first-order chi connectivity index (χ1) is 11.3. The maximum Gasteiger partial charge on any atom is 0.432 e. The van der Waals surface area contributed by atoms with Gasteiger partial charge in [0.25, 0.3) is 0 Å². The summed E-state index contributed by atoms with van der Waals surface area (Å²) >= 11 is 0. The number of likely N-dealkylation sites (tertiary alicyclic amines) is 1. The zero-order valence-electron chi connectivity index (χ0n) is 13.2. The van der Waals surface area contributed by atoms with Crippen LogP contribution in [-0.4, -0.2) is 52.6 Å². The van der Waals surface area contributed by atoms with Crippen molar-refractivity contribution in [2.24, 2.45) is 5.73 Å². The highest BCUT2D eigenvalue weighted by Gasteiger charge is 2.40. The van der Waals surface area contributed by atoms with Gasteiger partial charge in [0.1, 0.15) is 11.5 Å². The first kappa shape index (κ1) is 17.2. The average Bonchev–Trinajstić information content (AvgIpc) is 3.05. The molecule has 0 spiro atoms. The van der Waals surface area contributed by atoms with Gasteiger partial charge in [-0.3, -0.25) is 4.79 Å². The minimum Gasteiger partial charge on any atom is -0.381 e. The van der Waals surface area contributed by atoms with Gasteiger partial charge in [-0.15, -0.1) is 0 Å². The van der Waals surface area contributed by atoms with E-state index in [1.807, 2.05) is 0 Å². The molecule has 0 aliphatic carbocycles. The number of nitrogens with two attached hydrogens (primary N) is 1. The first-order valence-electron chi connectivity index (χ1n) is 8.08. The summed E-state index contributed by atoms with van der Waals surface area (Å²) in [6.07, 6.45) is -1.45. The van der Waals surface area contributed by atoms with Crippen LogP contribution >= 0.6 is 0 Å². The number of carbonyl (C=O) groups is 1. The zero-order chi connectivity index (χ0) is 17.4. The van der Waals surface area contributed by atoms with Gasteiger partial charge < -0.3 is 20.4 Å². The highest BCUT2D eigenvalue weighted by molar-refractivity contribution is 5.86. The number of aromatic amines is 1. The molecule has 0 atom stereocenters. The molecule has 2 fully saturated rings. The van der Waals surface area contributed by atoms with E-state index in [9.17, 15) is 18.0 Å². The number of ether oxygens (including phenoxy) is 1. The third-order valence-electron chi connectivity index (χ3n) is 4.88. The van der Waals surface area contributed by atoms with Crippen LogP contribution < -0.4 is 5.73 Å². The number of hydrogen-bond donors (Lipinski definition) is 2. The average molecular weight is 346 g/mol. The van der Waals surface area contributed by atoms with Crippen LogP contribution in [0.25, 0.3) is 0 Å². The summed E-state index contributed by atoms with van der Waals surface area (Å²) < 4.78 is 43.2. The maximum absolute atomic E-state index is 12.6. The summed E-state index contributed by atoms with van der Waals surface area (Å²) in [5.41, 5.74) is 4.51. The number of carbonyl (C=O) groups excluding carboxylic acids is 1. The van der Waals surface area contributed by atoms with E-state index in [2.05, 4.69) is 9.97 Å². The van der Waals surface area contributed by atoms with Gasteiger partial charge in [-0.05, 0) is 25.7 Å². The Labute approximate surface area is 137 Å². The monoisotopic (exact) mass is 346 g/mol. The van der Waals surface area contributed by atoms with E-state index in [1.54, 1.807) is 4.90 Å². The van der Waals surface area contributed by atoms with E-state index < -0.39 is 17.4 Å². The molecule has 0 radical (unpaired) electrons. The Morgan fingerprint density at radius 2 is 1.96 bits per heavy atom. The second-order valence-electron chi connectivity index (χ2n) is 6.51. The number of aromatic nitrogens is 2. The molecule has 3 N–H and O–H groups in total. The van der Waals surface area contributed by atoms with Crippen LogP contribution in [0.1, 0.15) is 43.1 Å². The number of H-pyrrole nitrogens is 1. The fraction of sp³-hybridized carbons (Fsp3) is 0.733. The van der Waals surface area contributed by atoms with E-state index in [1.165, 1.54) is 0 Å². The van der Waals surface area contributed by atoms with Crippen LogP contribution in [0.2, 0.25) is 0 Å². The van der Waals surface area contributed by atoms with Gasteiger partial charge in [0.15, 0.2) is 0 Å². The molecule has 0 bridgehead atoms. The third kappa shape index (κ3) is 3.41. The predicted molar refractivity (Wildman–Crippen MR) is 79.1 cm³/mol. The number of hydrogen-bond acceptors (Lipinski definition) is 4. The highest BCUT2D eigenvalue weighted by Crippen LogP contribution is 2.32. The van der Waals surface area contributed by atoms with Crippen molar-refractivity contribution in [1.29, 1.82) is 0 Å². The maximum atomic E-state index is 12.6. The number of alkyl halides is 3. The minimum atomic E-state index is -4.42. The Bertz CT molecular complexity index is 588. The van der Waals surface area contributed by atoms with E-state index in [0.29, 0.717) is 57.8 Å². The smallest absolute Gasteiger partial charge is 0.381 e. The quantitative estimate of drug-likeness (QED) is 0.853. The normalized spacial score (nSPS) is 22.6. The van der Waals surface area contributed by atoms with Gasteiger partial charge in [0.2, 0.25) is 5.91 Å². The number of nitrogens with one attached hydrogen (secondary N) is 1. The predicted octanol–water partition coefficient (Wildman–Crippen LogP) is 1.64.